The number of hydrogen-bond acceptors (Lipinski definition) is 1. The minimum Gasteiger partial charge on any atom is -1.00 e. The Kier molecular flexibility index (Phi) is 7.34. The van der Waals surface area contributed by atoms with Gasteiger partial charge in [0.1, 0.15) is 0 Å². The third-order valence-electron chi connectivity index (χ3n) is 3.35. The first-order valence-corrected chi connectivity index (χ1v) is 6.66. The second-order valence-corrected chi connectivity index (χ2v) is 5.84. The number of carbonyl (C=O) groups is 1. The van der Waals surface area contributed by atoms with Crippen LogP contribution in [-0.4, -0.2) is 11.1 Å². The molecule has 102 valence electrons. The molecule has 3 heteroatoms. The fraction of sp³-hybridized carbons (Fsp3) is 0.562. The van der Waals surface area contributed by atoms with Gasteiger partial charge in [0.05, 0.1) is 5.56 Å². The topological polar surface area (TPSA) is 37.3 Å². The Bertz CT molecular complexity index is 425. The van der Waals surface area contributed by atoms with Crippen LogP contribution in [0.1, 0.15) is 87.8 Å². The van der Waals surface area contributed by atoms with Gasteiger partial charge in [-0.1, -0.05) is 53.7 Å². The van der Waals surface area contributed by atoms with Crippen molar-refractivity contribution >= 4 is 5.97 Å². The van der Waals surface area contributed by atoms with E-state index in [1.807, 2.05) is 0 Å². The maximum atomic E-state index is 11.5. The monoisotopic (exact) mass is 272 g/mol. The third kappa shape index (κ3) is 4.34. The minimum absolute atomic E-state index is 0. The van der Waals surface area contributed by atoms with Gasteiger partial charge in [-0.15, -0.1) is 0 Å². The number of benzene rings is 1. The van der Waals surface area contributed by atoms with Crippen molar-refractivity contribution in [2.24, 2.45) is 0 Å². The van der Waals surface area contributed by atoms with Gasteiger partial charge < -0.3 is 6.53 Å². The van der Waals surface area contributed by atoms with Crippen molar-refractivity contribution in [1.82, 2.24) is 0 Å². The minimum atomic E-state index is -0.808. The Morgan fingerprint density at radius 2 is 1.32 bits per heavy atom. The van der Waals surface area contributed by atoms with Gasteiger partial charge in [-0.3, -0.25) is 0 Å². The molecule has 0 amide bonds. The fourth-order valence-electron chi connectivity index (χ4n) is 2.20. The molecule has 0 saturated carbocycles. The SMILES string of the molecule is CC(C)c1cc(C(C)C)c(C(=O)O)c(C(C)C)c1.[H-].[Na+]. The van der Waals surface area contributed by atoms with E-state index in [1.54, 1.807) is 0 Å². The van der Waals surface area contributed by atoms with Crippen LogP contribution < -0.4 is 29.6 Å². The maximum absolute atomic E-state index is 11.5. The predicted molar refractivity (Wildman–Crippen MR) is 76.8 cm³/mol. The molecule has 0 unspecified atom stereocenters. The molecule has 1 aromatic carbocycles. The van der Waals surface area contributed by atoms with Crippen LogP contribution in [-0.2, 0) is 0 Å². The number of carboxylic acids is 1. The average Bonchev–Trinajstić information content (AvgIpc) is 2.26. The smallest absolute Gasteiger partial charge is 1.00 e. The van der Waals surface area contributed by atoms with E-state index in [9.17, 15) is 9.90 Å². The van der Waals surface area contributed by atoms with Crippen LogP contribution in [0.3, 0.4) is 0 Å². The van der Waals surface area contributed by atoms with E-state index in [1.165, 1.54) is 5.56 Å². The molecule has 19 heavy (non-hydrogen) atoms. The van der Waals surface area contributed by atoms with E-state index in [-0.39, 0.29) is 42.8 Å². The molecular formula is C16H25NaO2. The normalized spacial score (nSPS) is 11.0. The van der Waals surface area contributed by atoms with Gasteiger partial charge in [0.15, 0.2) is 0 Å². The standard InChI is InChI=1S/C16H24O2.Na.H/c1-9(2)12-7-13(10(3)4)15(16(17)18)14(8-12)11(5)6;;/h7-11H,1-6H3,(H,17,18);;/q;+1;-1. The molecule has 0 atom stereocenters. The molecule has 0 aliphatic rings. The number of rotatable bonds is 4. The van der Waals surface area contributed by atoms with Crippen molar-refractivity contribution < 1.29 is 40.9 Å². The first-order valence-electron chi connectivity index (χ1n) is 6.66. The van der Waals surface area contributed by atoms with Crippen molar-refractivity contribution in [2.45, 2.75) is 59.3 Å². The summed E-state index contributed by atoms with van der Waals surface area (Å²) in [5.41, 5.74) is 3.65. The van der Waals surface area contributed by atoms with Gasteiger partial charge in [0.25, 0.3) is 0 Å². The van der Waals surface area contributed by atoms with Crippen molar-refractivity contribution in [2.75, 3.05) is 0 Å². The Labute approximate surface area is 140 Å². The first-order chi connectivity index (χ1) is 8.25. The van der Waals surface area contributed by atoms with Crippen LogP contribution in [0.15, 0.2) is 12.1 Å². The van der Waals surface area contributed by atoms with Crippen molar-refractivity contribution in [1.29, 1.82) is 0 Å². The van der Waals surface area contributed by atoms with Crippen LogP contribution in [0.25, 0.3) is 0 Å². The van der Waals surface area contributed by atoms with Crippen LogP contribution in [0.4, 0.5) is 0 Å². The van der Waals surface area contributed by atoms with Gasteiger partial charge in [0, 0.05) is 0 Å². The third-order valence-corrected chi connectivity index (χ3v) is 3.35. The second kappa shape index (κ2) is 7.47. The molecule has 2 nitrogen and oxygen atoms in total. The molecule has 0 aliphatic carbocycles. The molecule has 0 fully saturated rings. The molecular weight excluding hydrogens is 247 g/mol. The van der Waals surface area contributed by atoms with Crippen LogP contribution >= 0.6 is 0 Å². The van der Waals surface area contributed by atoms with Crippen LogP contribution in [0.5, 0.6) is 0 Å². The molecule has 1 N–H and O–H groups in total. The second-order valence-electron chi connectivity index (χ2n) is 5.84. The zero-order chi connectivity index (χ0) is 14.0. The van der Waals surface area contributed by atoms with Gasteiger partial charge in [-0.25, -0.2) is 4.79 Å². The predicted octanol–water partition coefficient (Wildman–Crippen LogP) is 1.87. The Balaban J connectivity index is 0. The average molecular weight is 272 g/mol. The van der Waals surface area contributed by atoms with Crippen molar-refractivity contribution in [3.8, 4) is 0 Å². The Morgan fingerprint density at radius 3 is 1.53 bits per heavy atom. The molecule has 0 radical (unpaired) electrons. The van der Waals surface area contributed by atoms with E-state index in [0.717, 1.165) is 11.1 Å². The summed E-state index contributed by atoms with van der Waals surface area (Å²) in [6, 6.07) is 4.12. The number of carboxylic acid groups (broad SMARTS) is 1. The Hall–Kier alpha value is -0.310. The van der Waals surface area contributed by atoms with Gasteiger partial charge in [-0.05, 0) is 34.4 Å². The summed E-state index contributed by atoms with van der Waals surface area (Å²) in [5.74, 6) is 0.0696. The van der Waals surface area contributed by atoms with Crippen molar-refractivity contribution in [3.05, 3.63) is 34.4 Å². The molecule has 0 heterocycles. The van der Waals surface area contributed by atoms with E-state index >= 15 is 0 Å². The van der Waals surface area contributed by atoms with E-state index in [4.69, 9.17) is 0 Å². The molecule has 1 aromatic rings. The summed E-state index contributed by atoms with van der Waals surface area (Å²) < 4.78 is 0. The summed E-state index contributed by atoms with van der Waals surface area (Å²) in [6.45, 7) is 12.5. The molecule has 0 bridgehead atoms. The number of aromatic carboxylic acids is 1. The largest absolute Gasteiger partial charge is 1.00 e. The summed E-state index contributed by atoms with van der Waals surface area (Å²) in [4.78, 5) is 11.5. The zero-order valence-electron chi connectivity index (χ0n) is 14.2. The molecule has 0 aliphatic heterocycles. The quantitative estimate of drug-likeness (QED) is 0.850. The van der Waals surface area contributed by atoms with E-state index < -0.39 is 5.97 Å². The van der Waals surface area contributed by atoms with E-state index in [0.29, 0.717) is 11.5 Å². The van der Waals surface area contributed by atoms with Gasteiger partial charge >= 0.3 is 35.5 Å². The van der Waals surface area contributed by atoms with E-state index in [2.05, 4.69) is 53.7 Å². The summed E-state index contributed by atoms with van der Waals surface area (Å²) in [5, 5.41) is 9.47. The summed E-state index contributed by atoms with van der Waals surface area (Å²) in [7, 11) is 0. The number of hydrogen-bond donors (Lipinski definition) is 1. The zero-order valence-corrected chi connectivity index (χ0v) is 15.2. The summed E-state index contributed by atoms with van der Waals surface area (Å²) >= 11 is 0. The van der Waals surface area contributed by atoms with Gasteiger partial charge in [0.2, 0.25) is 0 Å². The van der Waals surface area contributed by atoms with Crippen molar-refractivity contribution in [3.63, 3.8) is 0 Å². The fourth-order valence-corrected chi connectivity index (χ4v) is 2.20. The van der Waals surface area contributed by atoms with Gasteiger partial charge in [-0.2, -0.15) is 0 Å². The first kappa shape index (κ1) is 18.7. The van der Waals surface area contributed by atoms with Crippen LogP contribution in [0.2, 0.25) is 0 Å². The Morgan fingerprint density at radius 1 is 0.947 bits per heavy atom. The summed E-state index contributed by atoms with van der Waals surface area (Å²) in [6.07, 6.45) is 0. The van der Waals surface area contributed by atoms with Crippen LogP contribution in [0, 0.1) is 0 Å². The molecule has 1 rings (SSSR count). The molecule has 0 saturated heterocycles. The molecule has 0 aromatic heterocycles. The maximum Gasteiger partial charge on any atom is 1.00 e. The molecule has 0 spiro atoms.